The zero-order chi connectivity index (χ0) is 11.1. The Hall–Kier alpha value is -2.10. The highest BCUT2D eigenvalue weighted by Crippen LogP contribution is 2.18. The van der Waals surface area contributed by atoms with E-state index in [9.17, 15) is 0 Å². The molecule has 3 aromatic rings. The SMILES string of the molecule is Cc1ccn2cc(-c3cccn3C)nc2n1. The van der Waals surface area contributed by atoms with Crippen molar-refractivity contribution in [3.8, 4) is 11.4 Å². The number of fused-ring (bicyclic) bond motifs is 1. The van der Waals surface area contributed by atoms with Crippen LogP contribution in [0.5, 0.6) is 0 Å². The first-order chi connectivity index (χ1) is 7.74. The molecule has 4 nitrogen and oxygen atoms in total. The molecule has 0 aliphatic rings. The number of hydrogen-bond acceptors (Lipinski definition) is 2. The van der Waals surface area contributed by atoms with E-state index in [0.717, 1.165) is 22.9 Å². The Morgan fingerprint density at radius 2 is 2.00 bits per heavy atom. The summed E-state index contributed by atoms with van der Waals surface area (Å²) in [5, 5.41) is 0. The molecule has 0 saturated heterocycles. The molecule has 0 radical (unpaired) electrons. The molecule has 3 aromatic heterocycles. The van der Waals surface area contributed by atoms with Gasteiger partial charge in [-0.15, -0.1) is 0 Å². The second-order valence-electron chi connectivity index (χ2n) is 3.91. The first-order valence-electron chi connectivity index (χ1n) is 5.18. The van der Waals surface area contributed by atoms with Crippen LogP contribution in [-0.4, -0.2) is 18.9 Å². The van der Waals surface area contributed by atoms with Gasteiger partial charge in [0.2, 0.25) is 5.78 Å². The van der Waals surface area contributed by atoms with E-state index in [-0.39, 0.29) is 0 Å². The van der Waals surface area contributed by atoms with Crippen molar-refractivity contribution < 1.29 is 0 Å². The lowest BCUT2D eigenvalue weighted by Crippen LogP contribution is -1.89. The zero-order valence-corrected chi connectivity index (χ0v) is 9.25. The van der Waals surface area contributed by atoms with E-state index in [0.29, 0.717) is 0 Å². The molecule has 0 amide bonds. The van der Waals surface area contributed by atoms with Crippen LogP contribution in [0.25, 0.3) is 17.2 Å². The van der Waals surface area contributed by atoms with Crippen LogP contribution in [-0.2, 0) is 7.05 Å². The Balaban J connectivity index is 2.23. The minimum Gasteiger partial charge on any atom is -0.349 e. The van der Waals surface area contributed by atoms with Gasteiger partial charge in [0.1, 0.15) is 5.69 Å². The summed E-state index contributed by atoms with van der Waals surface area (Å²) in [7, 11) is 2.01. The molecule has 0 N–H and O–H groups in total. The molecular formula is C12H12N4. The van der Waals surface area contributed by atoms with Gasteiger partial charge in [0.25, 0.3) is 0 Å². The average Bonchev–Trinajstić information content (AvgIpc) is 2.82. The van der Waals surface area contributed by atoms with Crippen molar-refractivity contribution in [1.82, 2.24) is 18.9 Å². The first-order valence-corrected chi connectivity index (χ1v) is 5.18. The Morgan fingerprint density at radius 1 is 1.12 bits per heavy atom. The van der Waals surface area contributed by atoms with Crippen molar-refractivity contribution in [1.29, 1.82) is 0 Å². The standard InChI is InChI=1S/C12H12N4/c1-9-5-7-16-8-10(14-12(16)13-9)11-4-3-6-15(11)2/h3-8H,1-2H3. The van der Waals surface area contributed by atoms with Gasteiger partial charge in [-0.2, -0.15) is 0 Å². The second-order valence-corrected chi connectivity index (χ2v) is 3.91. The van der Waals surface area contributed by atoms with Crippen molar-refractivity contribution in [2.24, 2.45) is 7.05 Å². The van der Waals surface area contributed by atoms with Crippen LogP contribution in [0.2, 0.25) is 0 Å². The highest BCUT2D eigenvalue weighted by Gasteiger charge is 2.07. The van der Waals surface area contributed by atoms with Crippen LogP contribution in [0, 0.1) is 6.92 Å². The molecule has 0 spiro atoms. The van der Waals surface area contributed by atoms with Gasteiger partial charge in [0, 0.05) is 31.3 Å². The third kappa shape index (κ3) is 1.31. The third-order valence-corrected chi connectivity index (χ3v) is 2.67. The summed E-state index contributed by atoms with van der Waals surface area (Å²) in [6.07, 6.45) is 5.99. The number of imidazole rings is 1. The quantitative estimate of drug-likeness (QED) is 0.618. The van der Waals surface area contributed by atoms with Gasteiger partial charge in [-0.25, -0.2) is 9.97 Å². The average molecular weight is 212 g/mol. The predicted octanol–water partition coefficient (Wildman–Crippen LogP) is 2.04. The molecule has 0 bridgehead atoms. The summed E-state index contributed by atoms with van der Waals surface area (Å²) in [5.74, 6) is 0.746. The van der Waals surface area contributed by atoms with E-state index in [1.165, 1.54) is 0 Å². The maximum absolute atomic E-state index is 4.51. The van der Waals surface area contributed by atoms with E-state index in [1.807, 2.05) is 49.1 Å². The fraction of sp³-hybridized carbons (Fsp3) is 0.167. The summed E-state index contributed by atoms with van der Waals surface area (Å²) in [6.45, 7) is 1.97. The van der Waals surface area contributed by atoms with Crippen molar-refractivity contribution in [3.63, 3.8) is 0 Å². The number of hydrogen-bond donors (Lipinski definition) is 0. The molecule has 0 saturated carbocycles. The maximum Gasteiger partial charge on any atom is 0.234 e. The third-order valence-electron chi connectivity index (χ3n) is 2.67. The minimum absolute atomic E-state index is 0.746. The van der Waals surface area contributed by atoms with E-state index in [1.54, 1.807) is 0 Å². The molecule has 4 heteroatoms. The Bertz CT molecular complexity index is 648. The normalized spacial score (nSPS) is 11.1. The van der Waals surface area contributed by atoms with Crippen LogP contribution < -0.4 is 0 Å². The molecule has 0 aliphatic carbocycles. The Morgan fingerprint density at radius 3 is 2.75 bits per heavy atom. The van der Waals surface area contributed by atoms with Gasteiger partial charge in [-0.1, -0.05) is 0 Å². The van der Waals surface area contributed by atoms with Crippen LogP contribution in [0.3, 0.4) is 0 Å². The molecule has 0 unspecified atom stereocenters. The monoisotopic (exact) mass is 212 g/mol. The van der Waals surface area contributed by atoms with Crippen molar-refractivity contribution in [3.05, 3.63) is 42.5 Å². The molecule has 3 heterocycles. The van der Waals surface area contributed by atoms with Crippen LogP contribution in [0.15, 0.2) is 36.8 Å². The van der Waals surface area contributed by atoms with Gasteiger partial charge in [-0.3, -0.25) is 4.40 Å². The van der Waals surface area contributed by atoms with E-state index in [2.05, 4.69) is 20.6 Å². The largest absolute Gasteiger partial charge is 0.349 e. The summed E-state index contributed by atoms with van der Waals surface area (Å²) in [5.41, 5.74) is 3.03. The van der Waals surface area contributed by atoms with Crippen LogP contribution >= 0.6 is 0 Å². The fourth-order valence-corrected chi connectivity index (χ4v) is 1.81. The summed E-state index contributed by atoms with van der Waals surface area (Å²) >= 11 is 0. The highest BCUT2D eigenvalue weighted by atomic mass is 15.1. The number of nitrogens with zero attached hydrogens (tertiary/aromatic N) is 4. The zero-order valence-electron chi connectivity index (χ0n) is 9.25. The summed E-state index contributed by atoms with van der Waals surface area (Å²) < 4.78 is 3.99. The van der Waals surface area contributed by atoms with E-state index in [4.69, 9.17) is 0 Å². The van der Waals surface area contributed by atoms with Gasteiger partial charge in [0.05, 0.1) is 5.69 Å². The maximum atomic E-state index is 4.51. The van der Waals surface area contributed by atoms with Crippen molar-refractivity contribution in [2.75, 3.05) is 0 Å². The van der Waals surface area contributed by atoms with Crippen molar-refractivity contribution >= 4 is 5.78 Å². The fourth-order valence-electron chi connectivity index (χ4n) is 1.81. The van der Waals surface area contributed by atoms with Gasteiger partial charge < -0.3 is 4.57 Å². The molecule has 16 heavy (non-hydrogen) atoms. The smallest absolute Gasteiger partial charge is 0.234 e. The number of aryl methyl sites for hydroxylation is 2. The van der Waals surface area contributed by atoms with E-state index < -0.39 is 0 Å². The Kier molecular flexibility index (Phi) is 1.83. The van der Waals surface area contributed by atoms with Gasteiger partial charge >= 0.3 is 0 Å². The lowest BCUT2D eigenvalue weighted by Gasteiger charge is -1.96. The molecule has 3 rings (SSSR count). The lowest BCUT2D eigenvalue weighted by atomic mass is 10.3. The molecule has 80 valence electrons. The number of aromatic nitrogens is 4. The molecule has 0 fully saturated rings. The van der Waals surface area contributed by atoms with Gasteiger partial charge in [0.15, 0.2) is 0 Å². The minimum atomic E-state index is 0.746. The van der Waals surface area contributed by atoms with Crippen LogP contribution in [0.4, 0.5) is 0 Å². The molecule has 0 aliphatic heterocycles. The Labute approximate surface area is 93.2 Å². The topological polar surface area (TPSA) is 35.1 Å². The predicted molar refractivity (Wildman–Crippen MR) is 62.1 cm³/mol. The van der Waals surface area contributed by atoms with E-state index >= 15 is 0 Å². The van der Waals surface area contributed by atoms with Crippen LogP contribution in [0.1, 0.15) is 5.69 Å². The number of rotatable bonds is 1. The highest BCUT2D eigenvalue weighted by molar-refractivity contribution is 5.58. The molecular weight excluding hydrogens is 200 g/mol. The molecule has 0 aromatic carbocycles. The van der Waals surface area contributed by atoms with Crippen molar-refractivity contribution in [2.45, 2.75) is 6.92 Å². The second kappa shape index (κ2) is 3.20. The first kappa shape index (κ1) is 9.15. The lowest BCUT2D eigenvalue weighted by molar-refractivity contribution is 0.933. The molecule has 0 atom stereocenters. The summed E-state index contributed by atoms with van der Waals surface area (Å²) in [4.78, 5) is 8.89. The summed E-state index contributed by atoms with van der Waals surface area (Å²) in [6, 6.07) is 6.04. The van der Waals surface area contributed by atoms with Gasteiger partial charge in [-0.05, 0) is 25.1 Å².